The van der Waals surface area contributed by atoms with Crippen LogP contribution >= 0.6 is 0 Å². The third kappa shape index (κ3) is 3.45. The number of carbonyl (C=O) groups is 1. The lowest BCUT2D eigenvalue weighted by atomic mass is 9.88. The molecule has 0 radical (unpaired) electrons. The minimum absolute atomic E-state index is 0.159. The van der Waals surface area contributed by atoms with Crippen LogP contribution in [0.3, 0.4) is 0 Å². The van der Waals surface area contributed by atoms with E-state index in [0.717, 1.165) is 5.69 Å². The Kier molecular flexibility index (Phi) is 4.71. The number of piperidine rings is 1. The summed E-state index contributed by atoms with van der Waals surface area (Å²) >= 11 is 0. The van der Waals surface area contributed by atoms with Crippen molar-refractivity contribution in [3.05, 3.63) is 30.1 Å². The van der Waals surface area contributed by atoms with E-state index in [4.69, 9.17) is 4.74 Å². The molecule has 0 bridgehead atoms. The highest BCUT2D eigenvalue weighted by molar-refractivity contribution is 5.78. The van der Waals surface area contributed by atoms with Crippen molar-refractivity contribution in [3.8, 4) is 0 Å². The number of hydrogen-bond donors (Lipinski definition) is 1. The Morgan fingerprint density at radius 1 is 1.23 bits per heavy atom. The largest absolute Gasteiger partial charge is 0.383 e. The number of aliphatic hydroxyl groups is 1. The van der Waals surface area contributed by atoms with Gasteiger partial charge in [-0.15, -0.1) is 0 Å². The number of nitrogens with zero attached hydrogens (tertiary/aromatic N) is 3. The SMILES string of the molecule is O=C(CN1CCC(O)(c2ccccn2)CC1)N1CCOCC1. The summed E-state index contributed by atoms with van der Waals surface area (Å²) in [6.45, 7) is 4.48. The first-order chi connectivity index (χ1) is 10.7. The van der Waals surface area contributed by atoms with Crippen LogP contribution in [-0.4, -0.2) is 71.7 Å². The zero-order chi connectivity index (χ0) is 15.4. The number of carbonyl (C=O) groups excluding carboxylic acids is 1. The third-order valence-electron chi connectivity index (χ3n) is 4.55. The van der Waals surface area contributed by atoms with E-state index < -0.39 is 5.60 Å². The van der Waals surface area contributed by atoms with Gasteiger partial charge in [0.2, 0.25) is 5.91 Å². The normalized spacial score (nSPS) is 22.5. The number of ether oxygens (including phenoxy) is 1. The molecule has 3 heterocycles. The fraction of sp³-hybridized carbons (Fsp3) is 0.625. The number of likely N-dealkylation sites (tertiary alicyclic amines) is 1. The molecule has 0 atom stereocenters. The topological polar surface area (TPSA) is 65.9 Å². The zero-order valence-electron chi connectivity index (χ0n) is 12.8. The van der Waals surface area contributed by atoms with E-state index in [1.165, 1.54) is 0 Å². The minimum Gasteiger partial charge on any atom is -0.383 e. The number of pyridine rings is 1. The highest BCUT2D eigenvalue weighted by Crippen LogP contribution is 2.31. The van der Waals surface area contributed by atoms with Crippen LogP contribution in [0, 0.1) is 0 Å². The van der Waals surface area contributed by atoms with Gasteiger partial charge < -0.3 is 14.7 Å². The van der Waals surface area contributed by atoms with E-state index in [-0.39, 0.29) is 5.91 Å². The van der Waals surface area contributed by atoms with Gasteiger partial charge in [0, 0.05) is 32.4 Å². The van der Waals surface area contributed by atoms with Crippen LogP contribution < -0.4 is 0 Å². The van der Waals surface area contributed by atoms with Crippen LogP contribution in [0.5, 0.6) is 0 Å². The Labute approximate surface area is 130 Å². The molecule has 0 spiro atoms. The fourth-order valence-corrected chi connectivity index (χ4v) is 3.08. The van der Waals surface area contributed by atoms with E-state index in [0.29, 0.717) is 58.8 Å². The van der Waals surface area contributed by atoms with Crippen molar-refractivity contribution in [2.75, 3.05) is 45.9 Å². The van der Waals surface area contributed by atoms with Crippen molar-refractivity contribution in [1.29, 1.82) is 0 Å². The Balaban J connectivity index is 1.52. The fourth-order valence-electron chi connectivity index (χ4n) is 3.08. The van der Waals surface area contributed by atoms with Crippen LogP contribution in [0.4, 0.5) is 0 Å². The molecule has 1 amide bonds. The van der Waals surface area contributed by atoms with Gasteiger partial charge in [0.25, 0.3) is 0 Å². The van der Waals surface area contributed by atoms with Gasteiger partial charge in [-0.2, -0.15) is 0 Å². The van der Waals surface area contributed by atoms with E-state index in [9.17, 15) is 9.90 Å². The molecule has 2 saturated heterocycles. The molecular formula is C16H23N3O3. The molecule has 0 unspecified atom stereocenters. The second-order valence-corrected chi connectivity index (χ2v) is 6.02. The molecule has 0 aliphatic carbocycles. The third-order valence-corrected chi connectivity index (χ3v) is 4.55. The second kappa shape index (κ2) is 6.73. The van der Waals surface area contributed by atoms with Crippen LogP contribution in [0.15, 0.2) is 24.4 Å². The maximum Gasteiger partial charge on any atom is 0.236 e. The van der Waals surface area contributed by atoms with Gasteiger partial charge >= 0.3 is 0 Å². The lowest BCUT2D eigenvalue weighted by Crippen LogP contribution is -2.49. The van der Waals surface area contributed by atoms with Crippen LogP contribution in [0.25, 0.3) is 0 Å². The Hall–Kier alpha value is -1.50. The average molecular weight is 305 g/mol. The molecule has 6 nitrogen and oxygen atoms in total. The average Bonchev–Trinajstić information content (AvgIpc) is 2.59. The molecule has 22 heavy (non-hydrogen) atoms. The Morgan fingerprint density at radius 3 is 2.59 bits per heavy atom. The van der Waals surface area contributed by atoms with Gasteiger partial charge in [-0.05, 0) is 25.0 Å². The molecule has 6 heteroatoms. The van der Waals surface area contributed by atoms with Crippen LogP contribution in [0.2, 0.25) is 0 Å². The van der Waals surface area contributed by atoms with E-state index in [2.05, 4.69) is 9.88 Å². The molecule has 3 rings (SSSR count). The minimum atomic E-state index is -0.861. The molecule has 1 aromatic rings. The molecule has 120 valence electrons. The summed E-state index contributed by atoms with van der Waals surface area (Å²) in [5.74, 6) is 0.159. The summed E-state index contributed by atoms with van der Waals surface area (Å²) in [4.78, 5) is 20.5. The van der Waals surface area contributed by atoms with Crippen LogP contribution in [0.1, 0.15) is 18.5 Å². The summed E-state index contributed by atoms with van der Waals surface area (Å²) < 4.78 is 5.27. The predicted octanol–water partition coefficient (Wildman–Crippen LogP) is 0.224. The summed E-state index contributed by atoms with van der Waals surface area (Å²) in [5, 5.41) is 10.7. The van der Waals surface area contributed by atoms with Crippen molar-refractivity contribution < 1.29 is 14.6 Å². The number of hydrogen-bond acceptors (Lipinski definition) is 5. The van der Waals surface area contributed by atoms with Crippen molar-refractivity contribution in [2.45, 2.75) is 18.4 Å². The van der Waals surface area contributed by atoms with Gasteiger partial charge in [0.05, 0.1) is 25.5 Å². The van der Waals surface area contributed by atoms with E-state index in [1.54, 1.807) is 6.20 Å². The van der Waals surface area contributed by atoms with Gasteiger partial charge in [-0.1, -0.05) is 6.07 Å². The van der Waals surface area contributed by atoms with Gasteiger partial charge in [-0.3, -0.25) is 14.7 Å². The summed E-state index contributed by atoms with van der Waals surface area (Å²) in [7, 11) is 0. The predicted molar refractivity (Wildman–Crippen MR) is 81.2 cm³/mol. The smallest absolute Gasteiger partial charge is 0.236 e. The lowest BCUT2D eigenvalue weighted by Gasteiger charge is -2.38. The molecule has 1 aromatic heterocycles. The highest BCUT2D eigenvalue weighted by Gasteiger charge is 2.35. The van der Waals surface area contributed by atoms with Crippen molar-refractivity contribution >= 4 is 5.91 Å². The van der Waals surface area contributed by atoms with Gasteiger partial charge in [0.15, 0.2) is 0 Å². The maximum atomic E-state index is 12.3. The first kappa shape index (κ1) is 15.4. The number of amides is 1. The molecule has 2 aliphatic rings. The molecule has 1 N–H and O–H groups in total. The van der Waals surface area contributed by atoms with Crippen molar-refractivity contribution in [2.24, 2.45) is 0 Å². The number of morpholine rings is 1. The van der Waals surface area contributed by atoms with Crippen molar-refractivity contribution in [1.82, 2.24) is 14.8 Å². The second-order valence-electron chi connectivity index (χ2n) is 6.02. The Bertz CT molecular complexity index is 495. The lowest BCUT2D eigenvalue weighted by molar-refractivity contribution is -0.137. The van der Waals surface area contributed by atoms with Gasteiger partial charge in [0.1, 0.15) is 5.60 Å². The molecule has 0 aromatic carbocycles. The molecular weight excluding hydrogens is 282 g/mol. The first-order valence-corrected chi connectivity index (χ1v) is 7.89. The van der Waals surface area contributed by atoms with Crippen molar-refractivity contribution in [3.63, 3.8) is 0 Å². The van der Waals surface area contributed by atoms with Crippen LogP contribution in [-0.2, 0) is 15.1 Å². The van der Waals surface area contributed by atoms with Gasteiger partial charge in [-0.25, -0.2) is 0 Å². The van der Waals surface area contributed by atoms with E-state index >= 15 is 0 Å². The standard InChI is InChI=1S/C16H23N3O3/c20-15(19-9-11-22-12-10-19)13-18-7-4-16(21,5-8-18)14-3-1-2-6-17-14/h1-3,6,21H,4-5,7-13H2. The first-order valence-electron chi connectivity index (χ1n) is 7.89. The summed E-state index contributed by atoms with van der Waals surface area (Å²) in [6.07, 6.45) is 2.93. The summed E-state index contributed by atoms with van der Waals surface area (Å²) in [6, 6.07) is 5.62. The number of rotatable bonds is 3. The maximum absolute atomic E-state index is 12.3. The zero-order valence-corrected chi connectivity index (χ0v) is 12.8. The summed E-state index contributed by atoms with van der Waals surface area (Å²) in [5.41, 5.74) is -0.131. The number of aromatic nitrogens is 1. The highest BCUT2D eigenvalue weighted by atomic mass is 16.5. The molecule has 0 saturated carbocycles. The monoisotopic (exact) mass is 305 g/mol. The Morgan fingerprint density at radius 2 is 1.95 bits per heavy atom. The molecule has 2 fully saturated rings. The van der Waals surface area contributed by atoms with E-state index in [1.807, 2.05) is 23.1 Å². The molecule has 2 aliphatic heterocycles. The quantitative estimate of drug-likeness (QED) is 0.865.